The molecule has 2 rings (SSSR count). The summed E-state index contributed by atoms with van der Waals surface area (Å²) in [7, 11) is -3.40. The Balaban J connectivity index is 2.36. The number of sulfonamides is 1. The predicted molar refractivity (Wildman–Crippen MR) is 65.5 cm³/mol. The van der Waals surface area contributed by atoms with Gasteiger partial charge in [-0.05, 0) is 34.5 Å². The van der Waals surface area contributed by atoms with E-state index in [9.17, 15) is 8.42 Å². The molecule has 0 amide bonds. The molecule has 0 aromatic heterocycles. The Labute approximate surface area is 104 Å². The van der Waals surface area contributed by atoms with Crippen molar-refractivity contribution >= 4 is 26.0 Å². The molecular formula is C10H13BrN2O2S. The largest absolute Gasteiger partial charge is 0.326 e. The fourth-order valence-electron chi connectivity index (χ4n) is 1.77. The highest BCUT2D eigenvalue weighted by atomic mass is 79.9. The topological polar surface area (TPSA) is 63.4 Å². The first-order chi connectivity index (χ1) is 7.51. The fourth-order valence-corrected chi connectivity index (χ4v) is 4.24. The van der Waals surface area contributed by atoms with Crippen LogP contribution in [-0.4, -0.2) is 31.9 Å². The Hall–Kier alpha value is -0.430. The molecule has 1 heterocycles. The number of halogens is 1. The SMILES string of the molecule is N[C@H]1CCN(S(=O)(=O)c2ccccc2Br)C1. The van der Waals surface area contributed by atoms with Crippen LogP contribution >= 0.6 is 15.9 Å². The van der Waals surface area contributed by atoms with Crippen LogP contribution in [0.4, 0.5) is 0 Å². The molecule has 1 atom stereocenters. The van der Waals surface area contributed by atoms with Gasteiger partial charge >= 0.3 is 0 Å². The second-order valence-electron chi connectivity index (χ2n) is 3.84. The molecule has 0 bridgehead atoms. The zero-order chi connectivity index (χ0) is 11.8. The van der Waals surface area contributed by atoms with Crippen molar-refractivity contribution in [3.05, 3.63) is 28.7 Å². The third-order valence-electron chi connectivity index (χ3n) is 2.64. The van der Waals surface area contributed by atoms with E-state index in [4.69, 9.17) is 5.73 Å². The molecule has 16 heavy (non-hydrogen) atoms. The van der Waals surface area contributed by atoms with E-state index in [0.29, 0.717) is 22.5 Å². The minimum Gasteiger partial charge on any atom is -0.326 e. The number of nitrogens with two attached hydrogens (primary N) is 1. The Morgan fingerprint density at radius 3 is 2.62 bits per heavy atom. The lowest BCUT2D eigenvalue weighted by atomic mass is 10.3. The molecule has 0 spiro atoms. The normalized spacial score (nSPS) is 22.5. The fraction of sp³-hybridized carbons (Fsp3) is 0.400. The van der Waals surface area contributed by atoms with Crippen molar-refractivity contribution in [3.8, 4) is 0 Å². The lowest BCUT2D eigenvalue weighted by Crippen LogP contribution is -2.32. The smallest absolute Gasteiger partial charge is 0.244 e. The van der Waals surface area contributed by atoms with Crippen molar-refractivity contribution < 1.29 is 8.42 Å². The first kappa shape index (κ1) is 12.0. The quantitative estimate of drug-likeness (QED) is 0.892. The maximum Gasteiger partial charge on any atom is 0.244 e. The molecular weight excluding hydrogens is 292 g/mol. The summed E-state index contributed by atoms with van der Waals surface area (Å²) in [5, 5.41) is 0. The average molecular weight is 305 g/mol. The van der Waals surface area contributed by atoms with E-state index < -0.39 is 10.0 Å². The van der Waals surface area contributed by atoms with Gasteiger partial charge < -0.3 is 5.73 Å². The van der Waals surface area contributed by atoms with Gasteiger partial charge in [-0.25, -0.2) is 8.42 Å². The number of nitrogens with zero attached hydrogens (tertiary/aromatic N) is 1. The van der Waals surface area contributed by atoms with E-state index >= 15 is 0 Å². The predicted octanol–water partition coefficient (Wildman–Crippen LogP) is 1.17. The van der Waals surface area contributed by atoms with Crippen LogP contribution in [0, 0.1) is 0 Å². The van der Waals surface area contributed by atoms with Crippen LogP contribution in [0.3, 0.4) is 0 Å². The zero-order valence-corrected chi connectivity index (χ0v) is 11.0. The molecule has 1 saturated heterocycles. The molecule has 88 valence electrons. The van der Waals surface area contributed by atoms with Gasteiger partial charge in [0.25, 0.3) is 0 Å². The van der Waals surface area contributed by atoms with Gasteiger partial charge in [-0.3, -0.25) is 0 Å². The second kappa shape index (κ2) is 4.44. The number of rotatable bonds is 2. The highest BCUT2D eigenvalue weighted by Gasteiger charge is 2.31. The van der Waals surface area contributed by atoms with E-state index in [1.54, 1.807) is 24.3 Å². The third-order valence-corrected chi connectivity index (χ3v) is 5.52. The van der Waals surface area contributed by atoms with Crippen LogP contribution in [0.5, 0.6) is 0 Å². The molecule has 1 fully saturated rings. The molecule has 0 aliphatic carbocycles. The van der Waals surface area contributed by atoms with Gasteiger partial charge in [0.15, 0.2) is 0 Å². The number of hydrogen-bond donors (Lipinski definition) is 1. The average Bonchev–Trinajstić information content (AvgIpc) is 2.66. The molecule has 0 unspecified atom stereocenters. The van der Waals surface area contributed by atoms with Gasteiger partial charge in [-0.15, -0.1) is 0 Å². The van der Waals surface area contributed by atoms with Gasteiger partial charge in [-0.1, -0.05) is 12.1 Å². The van der Waals surface area contributed by atoms with Crippen molar-refractivity contribution in [2.45, 2.75) is 17.4 Å². The molecule has 4 nitrogen and oxygen atoms in total. The van der Waals surface area contributed by atoms with Gasteiger partial charge in [-0.2, -0.15) is 4.31 Å². The van der Waals surface area contributed by atoms with E-state index in [1.807, 2.05) is 0 Å². The third kappa shape index (κ3) is 2.15. The Bertz CT molecular complexity index is 489. The first-order valence-corrected chi connectivity index (χ1v) is 7.25. The second-order valence-corrected chi connectivity index (χ2v) is 6.60. The lowest BCUT2D eigenvalue weighted by Gasteiger charge is -2.16. The van der Waals surface area contributed by atoms with Gasteiger partial charge in [0.1, 0.15) is 0 Å². The molecule has 1 aromatic rings. The molecule has 2 N–H and O–H groups in total. The molecule has 1 aliphatic heterocycles. The number of hydrogen-bond acceptors (Lipinski definition) is 3. The summed E-state index contributed by atoms with van der Waals surface area (Å²) >= 11 is 3.26. The van der Waals surface area contributed by atoms with Crippen molar-refractivity contribution in [1.82, 2.24) is 4.31 Å². The Kier molecular flexibility index (Phi) is 3.34. The summed E-state index contributed by atoms with van der Waals surface area (Å²) in [4.78, 5) is 0.309. The van der Waals surface area contributed by atoms with E-state index in [2.05, 4.69) is 15.9 Å². The molecule has 0 saturated carbocycles. The van der Waals surface area contributed by atoms with Crippen LogP contribution in [0.1, 0.15) is 6.42 Å². The zero-order valence-electron chi connectivity index (χ0n) is 8.64. The lowest BCUT2D eigenvalue weighted by molar-refractivity contribution is 0.472. The van der Waals surface area contributed by atoms with Crippen LogP contribution in [0.15, 0.2) is 33.6 Å². The highest BCUT2D eigenvalue weighted by Crippen LogP contribution is 2.26. The van der Waals surface area contributed by atoms with Crippen LogP contribution < -0.4 is 5.73 Å². The van der Waals surface area contributed by atoms with Crippen LogP contribution in [-0.2, 0) is 10.0 Å². The molecule has 6 heteroatoms. The maximum absolute atomic E-state index is 12.2. The minimum absolute atomic E-state index is 0.0442. The summed E-state index contributed by atoms with van der Waals surface area (Å²) in [6, 6.07) is 6.79. The summed E-state index contributed by atoms with van der Waals surface area (Å²) < 4.78 is 26.5. The van der Waals surface area contributed by atoms with Crippen molar-refractivity contribution in [1.29, 1.82) is 0 Å². The van der Waals surface area contributed by atoms with Gasteiger partial charge in [0.05, 0.1) is 4.90 Å². The minimum atomic E-state index is -3.40. The highest BCUT2D eigenvalue weighted by molar-refractivity contribution is 9.10. The summed E-state index contributed by atoms with van der Waals surface area (Å²) in [6.45, 7) is 0.911. The van der Waals surface area contributed by atoms with Gasteiger partial charge in [0.2, 0.25) is 10.0 Å². The first-order valence-electron chi connectivity index (χ1n) is 5.02. The summed E-state index contributed by atoms with van der Waals surface area (Å²) in [6.07, 6.45) is 0.726. The molecule has 1 aromatic carbocycles. The number of benzene rings is 1. The molecule has 1 aliphatic rings. The summed E-state index contributed by atoms with van der Waals surface area (Å²) in [5.74, 6) is 0. The van der Waals surface area contributed by atoms with Crippen molar-refractivity contribution in [2.75, 3.05) is 13.1 Å². The maximum atomic E-state index is 12.2. The van der Waals surface area contributed by atoms with E-state index in [0.717, 1.165) is 6.42 Å². The van der Waals surface area contributed by atoms with E-state index in [1.165, 1.54) is 4.31 Å². The Morgan fingerprint density at radius 1 is 1.38 bits per heavy atom. The summed E-state index contributed by atoms with van der Waals surface area (Å²) in [5.41, 5.74) is 5.72. The standard InChI is InChI=1S/C10H13BrN2O2S/c11-9-3-1-2-4-10(9)16(14,15)13-6-5-8(12)7-13/h1-4,8H,5-7,12H2/t8-/m0/s1. The molecule has 0 radical (unpaired) electrons. The monoisotopic (exact) mass is 304 g/mol. The van der Waals surface area contributed by atoms with Crippen molar-refractivity contribution in [3.63, 3.8) is 0 Å². The van der Waals surface area contributed by atoms with Gasteiger partial charge in [0, 0.05) is 23.6 Å². The van der Waals surface area contributed by atoms with Crippen molar-refractivity contribution in [2.24, 2.45) is 5.73 Å². The van der Waals surface area contributed by atoms with E-state index in [-0.39, 0.29) is 6.04 Å². The van der Waals surface area contributed by atoms with Crippen LogP contribution in [0.25, 0.3) is 0 Å². The Morgan fingerprint density at radius 2 is 2.06 bits per heavy atom. The van der Waals surface area contributed by atoms with Crippen LogP contribution in [0.2, 0.25) is 0 Å².